The van der Waals surface area contributed by atoms with Gasteiger partial charge in [-0.2, -0.15) is 0 Å². The van der Waals surface area contributed by atoms with Crippen molar-refractivity contribution in [3.05, 3.63) is 0 Å². The van der Waals surface area contributed by atoms with E-state index in [9.17, 15) is 0 Å². The molecule has 0 spiro atoms. The van der Waals surface area contributed by atoms with Crippen LogP contribution < -0.4 is 5.73 Å². The summed E-state index contributed by atoms with van der Waals surface area (Å²) in [7, 11) is 2.19. The van der Waals surface area contributed by atoms with Crippen molar-refractivity contribution >= 4 is 0 Å². The molecular weight excluding hydrogens is 148 g/mol. The molecule has 1 unspecified atom stereocenters. The minimum atomic E-state index is 0.370. The quantitative estimate of drug-likeness (QED) is 0.677. The van der Waals surface area contributed by atoms with E-state index in [1.807, 2.05) is 0 Å². The third-order valence-corrected chi connectivity index (χ3v) is 2.87. The number of nitrogens with two attached hydrogens (primary N) is 1. The predicted molar refractivity (Wildman–Crippen MR) is 53.1 cm³/mol. The van der Waals surface area contributed by atoms with Crippen molar-refractivity contribution in [1.82, 2.24) is 4.90 Å². The van der Waals surface area contributed by atoms with Crippen LogP contribution in [0.4, 0.5) is 0 Å². The molecule has 72 valence electrons. The van der Waals surface area contributed by atoms with Crippen LogP contribution in [0.5, 0.6) is 0 Å². The van der Waals surface area contributed by atoms with Crippen LogP contribution in [0.3, 0.4) is 0 Å². The molecule has 1 rings (SSSR count). The van der Waals surface area contributed by atoms with Crippen LogP contribution in [0.2, 0.25) is 0 Å². The van der Waals surface area contributed by atoms with Gasteiger partial charge in [0, 0.05) is 19.1 Å². The highest BCUT2D eigenvalue weighted by Crippen LogP contribution is 2.26. The lowest BCUT2D eigenvalue weighted by Crippen LogP contribution is -2.38. The van der Waals surface area contributed by atoms with Gasteiger partial charge in [-0.15, -0.1) is 0 Å². The maximum Gasteiger partial charge on any atom is 0.0165 e. The second-order valence-corrected chi connectivity index (χ2v) is 4.19. The van der Waals surface area contributed by atoms with Crippen LogP contribution in [-0.2, 0) is 0 Å². The van der Waals surface area contributed by atoms with Gasteiger partial charge in [0.15, 0.2) is 0 Å². The molecule has 0 saturated heterocycles. The largest absolute Gasteiger partial charge is 0.327 e. The van der Waals surface area contributed by atoms with Crippen LogP contribution in [-0.4, -0.2) is 31.1 Å². The standard InChI is InChI=1S/C10H22N2/c1-3-10(11)8-12(2)7-9-5-4-6-9/h9-10H,3-8,11H2,1-2H3. The van der Waals surface area contributed by atoms with E-state index in [4.69, 9.17) is 5.73 Å². The molecule has 12 heavy (non-hydrogen) atoms. The summed E-state index contributed by atoms with van der Waals surface area (Å²) in [4.78, 5) is 2.39. The van der Waals surface area contributed by atoms with Crippen molar-refractivity contribution in [2.24, 2.45) is 11.7 Å². The molecule has 2 heteroatoms. The summed E-state index contributed by atoms with van der Waals surface area (Å²) in [5.41, 5.74) is 5.87. The lowest BCUT2D eigenvalue weighted by Gasteiger charge is -2.31. The lowest BCUT2D eigenvalue weighted by atomic mass is 9.85. The Bertz CT molecular complexity index is 114. The van der Waals surface area contributed by atoms with Crippen LogP contribution >= 0.6 is 0 Å². The van der Waals surface area contributed by atoms with Gasteiger partial charge in [0.25, 0.3) is 0 Å². The fourth-order valence-electron chi connectivity index (χ4n) is 1.72. The normalized spacial score (nSPS) is 21.0. The van der Waals surface area contributed by atoms with Crippen molar-refractivity contribution in [2.75, 3.05) is 20.1 Å². The molecule has 1 aliphatic carbocycles. The molecule has 0 aromatic heterocycles. The van der Waals surface area contributed by atoms with Gasteiger partial charge in [0.2, 0.25) is 0 Å². The van der Waals surface area contributed by atoms with Crippen LogP contribution in [0.1, 0.15) is 32.6 Å². The summed E-state index contributed by atoms with van der Waals surface area (Å²) >= 11 is 0. The number of nitrogens with zero attached hydrogens (tertiary/aromatic N) is 1. The minimum absolute atomic E-state index is 0.370. The molecule has 0 heterocycles. The second kappa shape index (κ2) is 4.83. The average molecular weight is 170 g/mol. The van der Waals surface area contributed by atoms with Gasteiger partial charge in [-0.1, -0.05) is 13.3 Å². The fraction of sp³-hybridized carbons (Fsp3) is 1.00. The highest BCUT2D eigenvalue weighted by atomic mass is 15.1. The molecule has 2 N–H and O–H groups in total. The van der Waals surface area contributed by atoms with E-state index in [0.717, 1.165) is 18.9 Å². The Labute approximate surface area is 76.1 Å². The maximum absolute atomic E-state index is 5.87. The van der Waals surface area contributed by atoms with Crippen molar-refractivity contribution in [2.45, 2.75) is 38.6 Å². The first-order chi connectivity index (χ1) is 5.72. The first kappa shape index (κ1) is 10.0. The van der Waals surface area contributed by atoms with Crippen LogP contribution in [0.25, 0.3) is 0 Å². The SMILES string of the molecule is CCC(N)CN(C)CC1CCC1. The Kier molecular flexibility index (Phi) is 4.02. The molecule has 0 bridgehead atoms. The van der Waals surface area contributed by atoms with Gasteiger partial charge in [0.05, 0.1) is 0 Å². The Morgan fingerprint density at radius 1 is 1.50 bits per heavy atom. The second-order valence-electron chi connectivity index (χ2n) is 4.19. The Morgan fingerprint density at radius 3 is 2.58 bits per heavy atom. The minimum Gasteiger partial charge on any atom is -0.327 e. The highest BCUT2D eigenvalue weighted by Gasteiger charge is 2.19. The van der Waals surface area contributed by atoms with E-state index >= 15 is 0 Å². The molecular formula is C10H22N2. The summed E-state index contributed by atoms with van der Waals surface area (Å²) in [6, 6.07) is 0.370. The molecule has 0 aliphatic heterocycles. The Hall–Kier alpha value is -0.0800. The van der Waals surface area contributed by atoms with Crippen LogP contribution in [0, 0.1) is 5.92 Å². The Balaban J connectivity index is 2.05. The zero-order chi connectivity index (χ0) is 8.97. The summed E-state index contributed by atoms with van der Waals surface area (Å²) in [6.45, 7) is 4.47. The van der Waals surface area contributed by atoms with E-state index in [0.29, 0.717) is 6.04 Å². The number of rotatable bonds is 5. The van der Waals surface area contributed by atoms with Gasteiger partial charge < -0.3 is 10.6 Å². The third-order valence-electron chi connectivity index (χ3n) is 2.87. The van der Waals surface area contributed by atoms with E-state index in [1.54, 1.807) is 0 Å². The number of hydrogen-bond acceptors (Lipinski definition) is 2. The summed E-state index contributed by atoms with van der Waals surface area (Å²) < 4.78 is 0. The first-order valence-corrected chi connectivity index (χ1v) is 5.16. The third kappa shape index (κ3) is 3.11. The van der Waals surface area contributed by atoms with E-state index in [-0.39, 0.29) is 0 Å². The van der Waals surface area contributed by atoms with E-state index < -0.39 is 0 Å². The topological polar surface area (TPSA) is 29.3 Å². The molecule has 0 amide bonds. The molecule has 1 saturated carbocycles. The fourth-order valence-corrected chi connectivity index (χ4v) is 1.72. The molecule has 1 aliphatic rings. The predicted octanol–water partition coefficient (Wildman–Crippen LogP) is 1.46. The molecule has 1 atom stereocenters. The lowest BCUT2D eigenvalue weighted by molar-refractivity contribution is 0.197. The summed E-state index contributed by atoms with van der Waals surface area (Å²) in [5.74, 6) is 0.971. The molecule has 2 nitrogen and oxygen atoms in total. The van der Waals surface area contributed by atoms with E-state index in [1.165, 1.54) is 25.8 Å². The van der Waals surface area contributed by atoms with Gasteiger partial charge in [-0.25, -0.2) is 0 Å². The Morgan fingerprint density at radius 2 is 2.17 bits per heavy atom. The monoisotopic (exact) mass is 170 g/mol. The number of hydrogen-bond donors (Lipinski definition) is 1. The van der Waals surface area contributed by atoms with Gasteiger partial charge >= 0.3 is 0 Å². The van der Waals surface area contributed by atoms with Gasteiger partial charge in [0.1, 0.15) is 0 Å². The molecule has 1 fully saturated rings. The molecule has 0 aromatic rings. The smallest absolute Gasteiger partial charge is 0.0165 e. The van der Waals surface area contributed by atoms with Crippen molar-refractivity contribution in [3.63, 3.8) is 0 Å². The summed E-state index contributed by atoms with van der Waals surface area (Å²) in [6.07, 6.45) is 5.41. The first-order valence-electron chi connectivity index (χ1n) is 5.16. The zero-order valence-corrected chi connectivity index (χ0v) is 8.42. The van der Waals surface area contributed by atoms with E-state index in [2.05, 4.69) is 18.9 Å². The van der Waals surface area contributed by atoms with Crippen molar-refractivity contribution in [1.29, 1.82) is 0 Å². The highest BCUT2D eigenvalue weighted by molar-refractivity contribution is 4.74. The number of likely N-dealkylation sites (N-methyl/N-ethyl adjacent to an activating group) is 1. The van der Waals surface area contributed by atoms with Crippen LogP contribution in [0.15, 0.2) is 0 Å². The zero-order valence-electron chi connectivity index (χ0n) is 8.42. The van der Waals surface area contributed by atoms with Crippen molar-refractivity contribution in [3.8, 4) is 0 Å². The molecule has 0 radical (unpaired) electrons. The molecule has 0 aromatic carbocycles. The van der Waals surface area contributed by atoms with Crippen molar-refractivity contribution < 1.29 is 0 Å². The average Bonchev–Trinajstić information content (AvgIpc) is 1.97. The summed E-state index contributed by atoms with van der Waals surface area (Å²) in [5, 5.41) is 0. The van der Waals surface area contributed by atoms with Gasteiger partial charge in [-0.3, -0.25) is 0 Å². The van der Waals surface area contributed by atoms with Gasteiger partial charge in [-0.05, 0) is 32.2 Å². The maximum atomic E-state index is 5.87.